The highest BCUT2D eigenvalue weighted by Gasteiger charge is 2.05. The van der Waals surface area contributed by atoms with Crippen molar-refractivity contribution >= 4 is 6.29 Å². The Hall–Kier alpha value is -2.03. The van der Waals surface area contributed by atoms with Crippen LogP contribution in [0.4, 0.5) is 4.39 Å². The number of halogens is 1. The molecule has 0 saturated heterocycles. The third kappa shape index (κ3) is 1.98. The van der Waals surface area contributed by atoms with Crippen LogP contribution < -0.4 is 0 Å². The molecule has 0 fully saturated rings. The van der Waals surface area contributed by atoms with Crippen molar-refractivity contribution in [3.63, 3.8) is 0 Å². The Morgan fingerprint density at radius 2 is 2.06 bits per heavy atom. The Balaban J connectivity index is 2.55. The molecule has 2 aromatic rings. The Morgan fingerprint density at radius 3 is 2.69 bits per heavy atom. The molecule has 1 aromatic heterocycles. The third-order valence-corrected chi connectivity index (χ3v) is 2.36. The van der Waals surface area contributed by atoms with Gasteiger partial charge >= 0.3 is 0 Å². The van der Waals surface area contributed by atoms with E-state index in [0.717, 1.165) is 11.3 Å². The Kier molecular flexibility index (Phi) is 2.77. The van der Waals surface area contributed by atoms with E-state index in [1.165, 1.54) is 12.1 Å². The lowest BCUT2D eigenvalue weighted by molar-refractivity contribution is 0.112. The molecule has 1 aromatic carbocycles. The zero-order chi connectivity index (χ0) is 11.5. The highest BCUT2D eigenvalue weighted by molar-refractivity contribution is 5.87. The maximum atomic E-state index is 12.9. The number of rotatable bonds is 2. The Morgan fingerprint density at radius 1 is 1.25 bits per heavy atom. The SMILES string of the molecule is Cc1ccc(-c2ccc(F)cc2C=O)cn1. The van der Waals surface area contributed by atoms with Crippen LogP contribution in [-0.4, -0.2) is 11.3 Å². The van der Waals surface area contributed by atoms with Crippen molar-refractivity contribution in [1.82, 2.24) is 4.98 Å². The Bertz CT molecular complexity index is 520. The topological polar surface area (TPSA) is 30.0 Å². The lowest BCUT2D eigenvalue weighted by Gasteiger charge is -2.04. The first-order chi connectivity index (χ1) is 7.70. The van der Waals surface area contributed by atoms with Gasteiger partial charge in [0.2, 0.25) is 0 Å². The van der Waals surface area contributed by atoms with Crippen molar-refractivity contribution in [2.24, 2.45) is 0 Å². The van der Waals surface area contributed by atoms with Gasteiger partial charge in [-0.1, -0.05) is 12.1 Å². The predicted octanol–water partition coefficient (Wildman–Crippen LogP) is 3.01. The van der Waals surface area contributed by atoms with E-state index in [1.54, 1.807) is 12.3 Å². The third-order valence-electron chi connectivity index (χ3n) is 2.36. The number of hydrogen-bond acceptors (Lipinski definition) is 2. The molecule has 16 heavy (non-hydrogen) atoms. The van der Waals surface area contributed by atoms with Crippen molar-refractivity contribution in [2.45, 2.75) is 6.92 Å². The number of hydrogen-bond donors (Lipinski definition) is 0. The highest BCUT2D eigenvalue weighted by atomic mass is 19.1. The monoisotopic (exact) mass is 215 g/mol. The van der Waals surface area contributed by atoms with Gasteiger partial charge in [0.1, 0.15) is 5.82 Å². The number of benzene rings is 1. The van der Waals surface area contributed by atoms with Gasteiger partial charge in [-0.05, 0) is 30.7 Å². The summed E-state index contributed by atoms with van der Waals surface area (Å²) in [7, 11) is 0. The van der Waals surface area contributed by atoms with E-state index in [9.17, 15) is 9.18 Å². The molecular formula is C13H10FNO. The average molecular weight is 215 g/mol. The Labute approximate surface area is 92.8 Å². The molecule has 2 nitrogen and oxygen atoms in total. The van der Waals surface area contributed by atoms with E-state index in [2.05, 4.69) is 4.98 Å². The quantitative estimate of drug-likeness (QED) is 0.721. The molecule has 3 heteroatoms. The summed E-state index contributed by atoms with van der Waals surface area (Å²) in [5.41, 5.74) is 2.75. The number of carbonyl (C=O) groups excluding carboxylic acids is 1. The molecule has 0 unspecified atom stereocenters. The van der Waals surface area contributed by atoms with E-state index in [0.29, 0.717) is 17.4 Å². The first kappa shape index (κ1) is 10.5. The minimum absolute atomic E-state index is 0.339. The summed E-state index contributed by atoms with van der Waals surface area (Å²) < 4.78 is 12.9. The summed E-state index contributed by atoms with van der Waals surface area (Å²) in [5, 5.41) is 0. The van der Waals surface area contributed by atoms with E-state index >= 15 is 0 Å². The van der Waals surface area contributed by atoms with Gasteiger partial charge < -0.3 is 0 Å². The second-order valence-electron chi connectivity index (χ2n) is 3.54. The molecule has 2 rings (SSSR count). The van der Waals surface area contributed by atoms with Crippen LogP contribution in [0.1, 0.15) is 16.1 Å². The highest BCUT2D eigenvalue weighted by Crippen LogP contribution is 2.22. The van der Waals surface area contributed by atoms with Crippen LogP contribution in [0.2, 0.25) is 0 Å². The van der Waals surface area contributed by atoms with Gasteiger partial charge in [-0.25, -0.2) is 4.39 Å². The number of aldehydes is 1. The largest absolute Gasteiger partial charge is 0.298 e. The van der Waals surface area contributed by atoms with E-state index in [-0.39, 0.29) is 0 Å². The van der Waals surface area contributed by atoms with E-state index < -0.39 is 5.82 Å². The fourth-order valence-corrected chi connectivity index (χ4v) is 1.52. The summed E-state index contributed by atoms with van der Waals surface area (Å²) in [4.78, 5) is 15.0. The minimum Gasteiger partial charge on any atom is -0.298 e. The smallest absolute Gasteiger partial charge is 0.150 e. The summed E-state index contributed by atoms with van der Waals surface area (Å²) in [6, 6.07) is 7.87. The van der Waals surface area contributed by atoms with Crippen LogP contribution in [0.15, 0.2) is 36.5 Å². The van der Waals surface area contributed by atoms with Gasteiger partial charge in [0, 0.05) is 23.0 Å². The summed E-state index contributed by atoms with van der Waals surface area (Å²) in [6.45, 7) is 1.88. The number of nitrogens with zero attached hydrogens (tertiary/aromatic N) is 1. The standard InChI is InChI=1S/C13H10FNO/c1-9-2-3-10(7-15-9)13-5-4-12(14)6-11(13)8-16/h2-8H,1H3. The van der Waals surface area contributed by atoms with Crippen LogP contribution in [0, 0.1) is 12.7 Å². The maximum Gasteiger partial charge on any atom is 0.150 e. The molecule has 0 N–H and O–H groups in total. The van der Waals surface area contributed by atoms with Crippen LogP contribution in [-0.2, 0) is 0 Å². The number of pyridine rings is 1. The minimum atomic E-state index is -0.411. The van der Waals surface area contributed by atoms with Gasteiger partial charge in [-0.3, -0.25) is 9.78 Å². The predicted molar refractivity (Wildman–Crippen MR) is 59.8 cm³/mol. The first-order valence-electron chi connectivity index (χ1n) is 4.88. The second kappa shape index (κ2) is 4.23. The molecule has 1 heterocycles. The van der Waals surface area contributed by atoms with Gasteiger partial charge in [0.25, 0.3) is 0 Å². The van der Waals surface area contributed by atoms with E-state index in [1.807, 2.05) is 19.1 Å². The first-order valence-corrected chi connectivity index (χ1v) is 4.88. The molecule has 80 valence electrons. The summed E-state index contributed by atoms with van der Waals surface area (Å²) in [6.07, 6.45) is 2.33. The number of aryl methyl sites for hydroxylation is 1. The van der Waals surface area contributed by atoms with Crippen molar-refractivity contribution in [3.05, 3.63) is 53.6 Å². The molecular weight excluding hydrogens is 205 g/mol. The summed E-state index contributed by atoms with van der Waals surface area (Å²) >= 11 is 0. The number of carbonyl (C=O) groups is 1. The molecule has 0 aliphatic rings. The van der Waals surface area contributed by atoms with Crippen LogP contribution in [0.3, 0.4) is 0 Å². The molecule has 0 saturated carbocycles. The molecule has 0 aliphatic carbocycles. The zero-order valence-corrected chi connectivity index (χ0v) is 8.77. The molecule has 0 atom stereocenters. The van der Waals surface area contributed by atoms with Crippen LogP contribution >= 0.6 is 0 Å². The zero-order valence-electron chi connectivity index (χ0n) is 8.77. The van der Waals surface area contributed by atoms with Crippen molar-refractivity contribution < 1.29 is 9.18 Å². The lowest BCUT2D eigenvalue weighted by Crippen LogP contribution is -1.90. The normalized spacial score (nSPS) is 10.1. The lowest BCUT2D eigenvalue weighted by atomic mass is 10.0. The van der Waals surface area contributed by atoms with Gasteiger partial charge in [-0.2, -0.15) is 0 Å². The van der Waals surface area contributed by atoms with E-state index in [4.69, 9.17) is 0 Å². The molecule has 0 amide bonds. The van der Waals surface area contributed by atoms with Crippen molar-refractivity contribution in [1.29, 1.82) is 0 Å². The van der Waals surface area contributed by atoms with Gasteiger partial charge in [0.05, 0.1) is 0 Å². The van der Waals surface area contributed by atoms with Crippen LogP contribution in [0.5, 0.6) is 0 Å². The van der Waals surface area contributed by atoms with Crippen molar-refractivity contribution in [2.75, 3.05) is 0 Å². The molecule has 0 aliphatic heterocycles. The van der Waals surface area contributed by atoms with Gasteiger partial charge in [0.15, 0.2) is 6.29 Å². The fourth-order valence-electron chi connectivity index (χ4n) is 1.52. The number of aromatic nitrogens is 1. The molecule has 0 spiro atoms. The van der Waals surface area contributed by atoms with Gasteiger partial charge in [-0.15, -0.1) is 0 Å². The molecule has 0 bridgehead atoms. The fraction of sp³-hybridized carbons (Fsp3) is 0.0769. The van der Waals surface area contributed by atoms with Crippen molar-refractivity contribution in [3.8, 4) is 11.1 Å². The average Bonchev–Trinajstić information content (AvgIpc) is 2.30. The summed E-state index contributed by atoms with van der Waals surface area (Å²) in [5.74, 6) is -0.411. The molecule has 0 radical (unpaired) electrons. The second-order valence-corrected chi connectivity index (χ2v) is 3.54. The maximum absolute atomic E-state index is 12.9. The van der Waals surface area contributed by atoms with Crippen LogP contribution in [0.25, 0.3) is 11.1 Å².